The normalized spacial score (nSPS) is 11.3. The van der Waals surface area contributed by atoms with E-state index in [1.807, 2.05) is 26.0 Å². The molecule has 0 spiro atoms. The van der Waals surface area contributed by atoms with E-state index in [1.54, 1.807) is 29.0 Å². The van der Waals surface area contributed by atoms with E-state index in [2.05, 4.69) is 16.4 Å². The smallest absolute Gasteiger partial charge is 0.233 e. The molecule has 0 unspecified atom stereocenters. The quantitative estimate of drug-likeness (QED) is 0.835. The average Bonchev–Trinajstić information content (AvgIpc) is 2.75. The first kappa shape index (κ1) is 15.3. The topological polar surface area (TPSA) is 64.0 Å². The summed E-state index contributed by atoms with van der Waals surface area (Å²) in [5.74, 6) is 0.0284. The maximum absolute atomic E-state index is 11.9. The number of aromatic nitrogens is 2. The van der Waals surface area contributed by atoms with Gasteiger partial charge in [0.05, 0.1) is 22.8 Å². The molecule has 112 valence electrons. The third kappa shape index (κ3) is 3.95. The monoisotopic (exact) mass is 305 g/mol. The number of aryl methyl sites for hydroxylation is 2. The van der Waals surface area contributed by atoms with Crippen LogP contribution < -0.4 is 4.72 Å². The Kier molecular flexibility index (Phi) is 4.47. The van der Waals surface area contributed by atoms with Crippen molar-refractivity contribution < 1.29 is 8.42 Å². The van der Waals surface area contributed by atoms with Crippen LogP contribution in [0.1, 0.15) is 17.8 Å². The van der Waals surface area contributed by atoms with Crippen LogP contribution in [0.4, 0.5) is 5.69 Å². The lowest BCUT2D eigenvalue weighted by Crippen LogP contribution is -2.16. The standard InChI is InChI=1S/C15H19N3O2S/c1-4-5-9-21(19,20)17-14-7-6-8-15(11-14)18-13(3)10-12(2)16-18/h4,6-8,10-11,17H,1,5,9H2,2-3H3. The maximum atomic E-state index is 11.9. The van der Waals surface area contributed by atoms with Gasteiger partial charge in [0.25, 0.3) is 0 Å². The molecule has 0 saturated carbocycles. The Morgan fingerprint density at radius 2 is 2.10 bits per heavy atom. The van der Waals surface area contributed by atoms with Gasteiger partial charge >= 0.3 is 0 Å². The summed E-state index contributed by atoms with van der Waals surface area (Å²) in [5.41, 5.74) is 3.28. The Morgan fingerprint density at radius 3 is 2.71 bits per heavy atom. The van der Waals surface area contributed by atoms with E-state index < -0.39 is 10.0 Å². The van der Waals surface area contributed by atoms with Crippen molar-refractivity contribution in [2.45, 2.75) is 20.3 Å². The van der Waals surface area contributed by atoms with E-state index in [0.717, 1.165) is 17.1 Å². The lowest BCUT2D eigenvalue weighted by Gasteiger charge is -2.10. The van der Waals surface area contributed by atoms with Gasteiger partial charge in [0.2, 0.25) is 10.0 Å². The van der Waals surface area contributed by atoms with Gasteiger partial charge in [-0.05, 0) is 44.5 Å². The molecule has 0 fully saturated rings. The summed E-state index contributed by atoms with van der Waals surface area (Å²) in [6.07, 6.45) is 2.01. The second-order valence-electron chi connectivity index (χ2n) is 4.89. The fourth-order valence-corrected chi connectivity index (χ4v) is 3.13. The zero-order valence-electron chi connectivity index (χ0n) is 12.2. The number of anilines is 1. The number of rotatable bonds is 6. The number of nitrogens with one attached hydrogen (secondary N) is 1. The molecule has 0 radical (unpaired) electrons. The zero-order valence-corrected chi connectivity index (χ0v) is 13.0. The summed E-state index contributed by atoms with van der Waals surface area (Å²) in [6.45, 7) is 7.41. The molecule has 0 amide bonds. The third-order valence-electron chi connectivity index (χ3n) is 2.96. The molecule has 0 aliphatic carbocycles. The van der Waals surface area contributed by atoms with E-state index in [-0.39, 0.29) is 5.75 Å². The van der Waals surface area contributed by atoms with Gasteiger partial charge in [-0.25, -0.2) is 13.1 Å². The Morgan fingerprint density at radius 1 is 1.33 bits per heavy atom. The van der Waals surface area contributed by atoms with Gasteiger partial charge in [-0.1, -0.05) is 12.1 Å². The molecule has 2 aromatic rings. The van der Waals surface area contributed by atoms with Crippen molar-refractivity contribution >= 4 is 15.7 Å². The molecule has 6 heteroatoms. The van der Waals surface area contributed by atoms with Crippen LogP contribution in [0.5, 0.6) is 0 Å². The number of nitrogens with zero attached hydrogens (tertiary/aromatic N) is 2. The largest absolute Gasteiger partial charge is 0.283 e. The number of benzene rings is 1. The van der Waals surface area contributed by atoms with Gasteiger partial charge in [0.1, 0.15) is 0 Å². The van der Waals surface area contributed by atoms with Gasteiger partial charge in [-0.3, -0.25) is 4.72 Å². The highest BCUT2D eigenvalue weighted by molar-refractivity contribution is 7.92. The first-order chi connectivity index (χ1) is 9.91. The second-order valence-corrected chi connectivity index (χ2v) is 6.73. The van der Waals surface area contributed by atoms with Crippen molar-refractivity contribution in [3.05, 3.63) is 54.4 Å². The number of hydrogen-bond acceptors (Lipinski definition) is 3. The fourth-order valence-electron chi connectivity index (χ4n) is 2.06. The lowest BCUT2D eigenvalue weighted by atomic mass is 10.3. The predicted octanol–water partition coefficient (Wildman–Crippen LogP) is 2.81. The minimum atomic E-state index is -3.35. The van der Waals surface area contributed by atoms with E-state index in [4.69, 9.17) is 0 Å². The fraction of sp³-hybridized carbons (Fsp3) is 0.267. The van der Waals surface area contributed by atoms with Crippen molar-refractivity contribution in [3.63, 3.8) is 0 Å². The number of hydrogen-bond donors (Lipinski definition) is 1. The minimum absolute atomic E-state index is 0.0284. The van der Waals surface area contributed by atoms with Gasteiger partial charge in [0, 0.05) is 5.69 Å². The molecule has 1 N–H and O–H groups in total. The Labute approximate surface area is 125 Å². The van der Waals surface area contributed by atoms with E-state index in [9.17, 15) is 8.42 Å². The van der Waals surface area contributed by atoms with Crippen LogP contribution in [0.15, 0.2) is 43.0 Å². The SMILES string of the molecule is C=CCCS(=O)(=O)Nc1cccc(-n2nc(C)cc2C)c1. The summed E-state index contributed by atoms with van der Waals surface area (Å²) in [5, 5.41) is 4.39. The van der Waals surface area contributed by atoms with Crippen LogP contribution in [-0.4, -0.2) is 24.0 Å². The van der Waals surface area contributed by atoms with Crippen LogP contribution in [0, 0.1) is 13.8 Å². The van der Waals surface area contributed by atoms with Crippen molar-refractivity contribution in [2.24, 2.45) is 0 Å². The Balaban J connectivity index is 2.26. The van der Waals surface area contributed by atoms with Gasteiger partial charge < -0.3 is 0 Å². The summed E-state index contributed by atoms with van der Waals surface area (Å²) >= 11 is 0. The molecule has 0 aliphatic rings. The van der Waals surface area contributed by atoms with Crippen LogP contribution in [0.25, 0.3) is 5.69 Å². The Hall–Kier alpha value is -2.08. The van der Waals surface area contributed by atoms with Gasteiger partial charge in [-0.2, -0.15) is 5.10 Å². The van der Waals surface area contributed by atoms with E-state index in [1.165, 1.54) is 0 Å². The molecule has 2 rings (SSSR count). The highest BCUT2D eigenvalue weighted by atomic mass is 32.2. The third-order valence-corrected chi connectivity index (χ3v) is 4.28. The zero-order chi connectivity index (χ0) is 15.5. The second kappa shape index (κ2) is 6.13. The van der Waals surface area contributed by atoms with Gasteiger partial charge in [-0.15, -0.1) is 6.58 Å². The molecule has 1 aromatic carbocycles. The van der Waals surface area contributed by atoms with Crippen molar-refractivity contribution in [2.75, 3.05) is 10.5 Å². The lowest BCUT2D eigenvalue weighted by molar-refractivity contribution is 0.601. The molecule has 1 heterocycles. The molecular weight excluding hydrogens is 286 g/mol. The van der Waals surface area contributed by atoms with Crippen molar-refractivity contribution in [1.29, 1.82) is 0 Å². The number of allylic oxidation sites excluding steroid dienone is 1. The van der Waals surface area contributed by atoms with Crippen LogP contribution >= 0.6 is 0 Å². The minimum Gasteiger partial charge on any atom is -0.283 e. The molecule has 0 atom stereocenters. The highest BCUT2D eigenvalue weighted by Crippen LogP contribution is 2.18. The van der Waals surface area contributed by atoms with Crippen molar-refractivity contribution in [3.8, 4) is 5.69 Å². The Bertz CT molecular complexity index is 748. The molecule has 0 aliphatic heterocycles. The first-order valence-corrected chi connectivity index (χ1v) is 8.31. The van der Waals surface area contributed by atoms with Gasteiger partial charge in [0.15, 0.2) is 0 Å². The summed E-state index contributed by atoms with van der Waals surface area (Å²) < 4.78 is 28.2. The molecule has 21 heavy (non-hydrogen) atoms. The molecule has 1 aromatic heterocycles. The van der Waals surface area contributed by atoms with E-state index in [0.29, 0.717) is 12.1 Å². The predicted molar refractivity (Wildman–Crippen MR) is 85.3 cm³/mol. The van der Waals surface area contributed by atoms with Crippen LogP contribution in [0.3, 0.4) is 0 Å². The van der Waals surface area contributed by atoms with E-state index >= 15 is 0 Å². The summed E-state index contributed by atoms with van der Waals surface area (Å²) in [7, 11) is -3.35. The maximum Gasteiger partial charge on any atom is 0.233 e. The molecule has 0 saturated heterocycles. The average molecular weight is 305 g/mol. The van der Waals surface area contributed by atoms with Crippen molar-refractivity contribution in [1.82, 2.24) is 9.78 Å². The highest BCUT2D eigenvalue weighted by Gasteiger charge is 2.10. The molecule has 5 nitrogen and oxygen atoms in total. The first-order valence-electron chi connectivity index (χ1n) is 6.66. The number of sulfonamides is 1. The molecule has 0 bridgehead atoms. The van der Waals surface area contributed by atoms with Crippen LogP contribution in [0.2, 0.25) is 0 Å². The van der Waals surface area contributed by atoms with Crippen LogP contribution in [-0.2, 0) is 10.0 Å². The summed E-state index contributed by atoms with van der Waals surface area (Å²) in [4.78, 5) is 0. The molecular formula is C15H19N3O2S. The summed E-state index contributed by atoms with van der Waals surface area (Å²) in [6, 6.07) is 9.16.